The Balaban J connectivity index is 2.21. The highest BCUT2D eigenvalue weighted by Crippen LogP contribution is 2.17. The zero-order valence-electron chi connectivity index (χ0n) is 10.6. The van der Waals surface area contributed by atoms with Gasteiger partial charge in [0.15, 0.2) is 5.78 Å². The van der Waals surface area contributed by atoms with Gasteiger partial charge in [-0.15, -0.1) is 0 Å². The van der Waals surface area contributed by atoms with E-state index in [-0.39, 0.29) is 12.2 Å². The second-order valence-electron chi connectivity index (χ2n) is 4.45. The lowest BCUT2D eigenvalue weighted by molar-refractivity contribution is -0.139. The van der Waals surface area contributed by atoms with Crippen molar-refractivity contribution >= 4 is 23.4 Å². The van der Waals surface area contributed by atoms with Crippen LogP contribution in [0.3, 0.4) is 0 Å². The fourth-order valence-corrected chi connectivity index (χ4v) is 2.08. The number of hydrogen-bond acceptors (Lipinski definition) is 2. The Hall–Kier alpha value is -2.13. The number of rotatable bonds is 5. The predicted octanol–water partition coefficient (Wildman–Crippen LogP) is 3.47. The van der Waals surface area contributed by atoms with E-state index in [1.165, 1.54) is 0 Å². The van der Waals surface area contributed by atoms with E-state index in [1.807, 2.05) is 0 Å². The van der Waals surface area contributed by atoms with Crippen molar-refractivity contribution in [1.29, 1.82) is 0 Å². The number of carboxylic acids is 1. The third kappa shape index (κ3) is 3.45. The molecule has 20 heavy (non-hydrogen) atoms. The van der Waals surface area contributed by atoms with Gasteiger partial charge in [-0.3, -0.25) is 9.59 Å². The molecule has 0 amide bonds. The summed E-state index contributed by atoms with van der Waals surface area (Å²) in [5.74, 6) is -2.58. The van der Waals surface area contributed by atoms with Gasteiger partial charge in [0.2, 0.25) is 0 Å². The van der Waals surface area contributed by atoms with Gasteiger partial charge in [-0.1, -0.05) is 54.1 Å². The number of carbonyl (C=O) groups is 2. The molecule has 0 spiro atoms. The minimum Gasteiger partial charge on any atom is -0.481 e. The summed E-state index contributed by atoms with van der Waals surface area (Å²) in [6, 6.07) is 15.3. The van der Waals surface area contributed by atoms with Gasteiger partial charge in [0, 0.05) is 10.6 Å². The summed E-state index contributed by atoms with van der Waals surface area (Å²) < 4.78 is 0. The van der Waals surface area contributed by atoms with Crippen LogP contribution in [0.4, 0.5) is 0 Å². The molecule has 102 valence electrons. The molecule has 0 heterocycles. The van der Waals surface area contributed by atoms with Crippen LogP contribution in [-0.2, 0) is 11.2 Å². The van der Waals surface area contributed by atoms with Crippen LogP contribution in [0.2, 0.25) is 5.02 Å². The molecular formula is C16H13ClO3. The first kappa shape index (κ1) is 14.3. The molecule has 4 heteroatoms. The quantitative estimate of drug-likeness (QED) is 0.677. The maximum Gasteiger partial charge on any atom is 0.314 e. The fraction of sp³-hybridized carbons (Fsp3) is 0.125. The number of Topliss-reactive ketones (excluding diaryl/α,β-unsaturated/α-hetero) is 1. The van der Waals surface area contributed by atoms with Crippen molar-refractivity contribution in [3.8, 4) is 0 Å². The molecule has 2 aromatic rings. The topological polar surface area (TPSA) is 54.4 Å². The molecule has 1 atom stereocenters. The standard InChI is InChI=1S/C16H13ClO3/c17-13-8-6-11(7-9-13)10-14(16(19)20)15(18)12-4-2-1-3-5-12/h1-9,14H,10H2,(H,19,20). The molecule has 3 nitrogen and oxygen atoms in total. The monoisotopic (exact) mass is 288 g/mol. The minimum absolute atomic E-state index is 0.153. The van der Waals surface area contributed by atoms with Gasteiger partial charge in [0.1, 0.15) is 5.92 Å². The van der Waals surface area contributed by atoms with E-state index in [9.17, 15) is 14.7 Å². The van der Waals surface area contributed by atoms with Gasteiger partial charge >= 0.3 is 5.97 Å². The molecule has 1 N–H and O–H groups in total. The summed E-state index contributed by atoms with van der Waals surface area (Å²) in [6.07, 6.45) is 0.153. The lowest BCUT2D eigenvalue weighted by Crippen LogP contribution is -2.26. The van der Waals surface area contributed by atoms with Crippen LogP contribution in [-0.4, -0.2) is 16.9 Å². The number of ketones is 1. The van der Waals surface area contributed by atoms with Crippen molar-refractivity contribution in [2.45, 2.75) is 6.42 Å². The number of benzene rings is 2. The lowest BCUT2D eigenvalue weighted by Gasteiger charge is -2.11. The summed E-state index contributed by atoms with van der Waals surface area (Å²) in [4.78, 5) is 23.6. The normalized spacial score (nSPS) is 11.8. The third-order valence-electron chi connectivity index (χ3n) is 3.03. The Bertz CT molecular complexity index is 605. The van der Waals surface area contributed by atoms with Crippen molar-refractivity contribution in [3.63, 3.8) is 0 Å². The molecule has 0 saturated heterocycles. The maximum absolute atomic E-state index is 12.3. The van der Waals surface area contributed by atoms with Crippen molar-refractivity contribution in [1.82, 2.24) is 0 Å². The Morgan fingerprint density at radius 3 is 2.15 bits per heavy atom. The van der Waals surface area contributed by atoms with Crippen LogP contribution in [0.15, 0.2) is 54.6 Å². The largest absolute Gasteiger partial charge is 0.481 e. The third-order valence-corrected chi connectivity index (χ3v) is 3.28. The first-order valence-electron chi connectivity index (χ1n) is 6.14. The number of halogens is 1. The number of hydrogen-bond donors (Lipinski definition) is 1. The van der Waals surface area contributed by atoms with Crippen molar-refractivity contribution < 1.29 is 14.7 Å². The van der Waals surface area contributed by atoms with Crippen LogP contribution in [0, 0.1) is 5.92 Å². The SMILES string of the molecule is O=C(O)C(Cc1ccc(Cl)cc1)C(=O)c1ccccc1. The van der Waals surface area contributed by atoms with Crippen LogP contribution in [0.5, 0.6) is 0 Å². The molecule has 0 aliphatic rings. The Morgan fingerprint density at radius 2 is 1.60 bits per heavy atom. The molecule has 0 aliphatic heterocycles. The van der Waals surface area contributed by atoms with Crippen LogP contribution in [0.1, 0.15) is 15.9 Å². The number of carboxylic acid groups (broad SMARTS) is 1. The van der Waals surface area contributed by atoms with Gasteiger partial charge < -0.3 is 5.11 Å². The van der Waals surface area contributed by atoms with Gasteiger partial charge in [-0.25, -0.2) is 0 Å². The van der Waals surface area contributed by atoms with Gasteiger partial charge in [-0.05, 0) is 24.1 Å². The van der Waals surface area contributed by atoms with Crippen molar-refractivity contribution in [2.24, 2.45) is 5.92 Å². The van der Waals surface area contributed by atoms with E-state index in [4.69, 9.17) is 11.6 Å². The summed E-state index contributed by atoms with van der Waals surface area (Å²) in [6.45, 7) is 0. The van der Waals surface area contributed by atoms with E-state index in [1.54, 1.807) is 54.6 Å². The van der Waals surface area contributed by atoms with E-state index in [0.29, 0.717) is 10.6 Å². The molecule has 1 unspecified atom stereocenters. The summed E-state index contributed by atoms with van der Waals surface area (Å²) in [5, 5.41) is 9.85. The lowest BCUT2D eigenvalue weighted by atomic mass is 9.91. The second kappa shape index (κ2) is 6.35. The summed E-state index contributed by atoms with van der Waals surface area (Å²) in [7, 11) is 0. The fourth-order valence-electron chi connectivity index (χ4n) is 1.95. The average molecular weight is 289 g/mol. The molecule has 0 fully saturated rings. The zero-order chi connectivity index (χ0) is 14.5. The number of carbonyl (C=O) groups excluding carboxylic acids is 1. The van der Waals surface area contributed by atoms with Crippen LogP contribution in [0.25, 0.3) is 0 Å². The minimum atomic E-state index is -1.12. The first-order valence-corrected chi connectivity index (χ1v) is 6.52. The Labute approximate surface area is 121 Å². The molecule has 0 aliphatic carbocycles. The van der Waals surface area contributed by atoms with Crippen molar-refractivity contribution in [2.75, 3.05) is 0 Å². The van der Waals surface area contributed by atoms with E-state index in [0.717, 1.165) is 5.56 Å². The predicted molar refractivity (Wildman–Crippen MR) is 77.1 cm³/mol. The van der Waals surface area contributed by atoms with Crippen LogP contribution < -0.4 is 0 Å². The molecule has 2 aromatic carbocycles. The van der Waals surface area contributed by atoms with Crippen molar-refractivity contribution in [3.05, 3.63) is 70.7 Å². The molecule has 0 radical (unpaired) electrons. The number of aliphatic carboxylic acids is 1. The van der Waals surface area contributed by atoms with Gasteiger partial charge in [-0.2, -0.15) is 0 Å². The van der Waals surface area contributed by atoms with Crippen LogP contribution >= 0.6 is 11.6 Å². The maximum atomic E-state index is 12.3. The molecule has 0 bridgehead atoms. The average Bonchev–Trinajstić information content (AvgIpc) is 2.46. The summed E-state index contributed by atoms with van der Waals surface area (Å²) >= 11 is 5.79. The highest BCUT2D eigenvalue weighted by molar-refractivity contribution is 6.30. The van der Waals surface area contributed by atoms with Gasteiger partial charge in [0.25, 0.3) is 0 Å². The summed E-state index contributed by atoms with van der Waals surface area (Å²) in [5.41, 5.74) is 1.18. The molecule has 0 aromatic heterocycles. The molecule has 0 saturated carbocycles. The second-order valence-corrected chi connectivity index (χ2v) is 4.89. The molecular weight excluding hydrogens is 276 g/mol. The highest BCUT2D eigenvalue weighted by atomic mass is 35.5. The van der Waals surface area contributed by atoms with E-state index >= 15 is 0 Å². The zero-order valence-corrected chi connectivity index (χ0v) is 11.4. The smallest absolute Gasteiger partial charge is 0.314 e. The highest BCUT2D eigenvalue weighted by Gasteiger charge is 2.27. The van der Waals surface area contributed by atoms with E-state index < -0.39 is 11.9 Å². The Kier molecular flexibility index (Phi) is 4.53. The van der Waals surface area contributed by atoms with E-state index in [2.05, 4.69) is 0 Å². The molecule has 2 rings (SSSR count). The van der Waals surface area contributed by atoms with Gasteiger partial charge in [0.05, 0.1) is 0 Å². The first-order chi connectivity index (χ1) is 9.58. The Morgan fingerprint density at radius 1 is 1.00 bits per heavy atom.